The number of amides is 1. The summed E-state index contributed by atoms with van der Waals surface area (Å²) in [4.78, 5) is 14.6. The van der Waals surface area contributed by atoms with Crippen molar-refractivity contribution in [1.29, 1.82) is 0 Å². The molecule has 1 aromatic heterocycles. The number of pyridine rings is 1. The van der Waals surface area contributed by atoms with E-state index < -0.39 is 0 Å². The molecule has 4 N–H and O–H groups in total. The molecule has 0 atom stereocenters. The molecule has 0 bridgehead atoms. The van der Waals surface area contributed by atoms with Crippen LogP contribution in [0, 0.1) is 0 Å². The van der Waals surface area contributed by atoms with Gasteiger partial charge in [-0.3, -0.25) is 9.78 Å². The number of anilines is 2. The van der Waals surface area contributed by atoms with E-state index in [1.807, 2.05) is 6.07 Å². The number of aromatic nitrogens is 1. The SMILES string of the molecule is CCCNc1cncc(NCCC(N)=O)c1. The first-order valence-corrected chi connectivity index (χ1v) is 5.43. The van der Waals surface area contributed by atoms with Gasteiger partial charge in [-0.25, -0.2) is 0 Å². The monoisotopic (exact) mass is 222 g/mol. The molecule has 1 heterocycles. The summed E-state index contributed by atoms with van der Waals surface area (Å²) in [6.45, 7) is 3.57. The van der Waals surface area contributed by atoms with E-state index in [0.29, 0.717) is 13.0 Å². The minimum Gasteiger partial charge on any atom is -0.384 e. The molecule has 0 aliphatic rings. The van der Waals surface area contributed by atoms with Crippen LogP contribution in [0.25, 0.3) is 0 Å². The van der Waals surface area contributed by atoms with Gasteiger partial charge in [0.15, 0.2) is 0 Å². The summed E-state index contributed by atoms with van der Waals surface area (Å²) in [7, 11) is 0. The van der Waals surface area contributed by atoms with Crippen molar-refractivity contribution in [3.8, 4) is 0 Å². The number of nitrogens with one attached hydrogen (secondary N) is 2. The highest BCUT2D eigenvalue weighted by molar-refractivity contribution is 5.74. The second-order valence-corrected chi connectivity index (χ2v) is 3.53. The zero-order valence-electron chi connectivity index (χ0n) is 9.49. The number of hydrogen-bond acceptors (Lipinski definition) is 4. The first kappa shape index (κ1) is 12.3. The van der Waals surface area contributed by atoms with Crippen LogP contribution in [0.1, 0.15) is 19.8 Å². The first-order chi connectivity index (χ1) is 7.72. The topological polar surface area (TPSA) is 80.0 Å². The zero-order valence-corrected chi connectivity index (χ0v) is 9.49. The van der Waals surface area contributed by atoms with Gasteiger partial charge in [-0.1, -0.05) is 6.92 Å². The highest BCUT2D eigenvalue weighted by Gasteiger charge is 1.97. The molecule has 0 spiro atoms. The van der Waals surface area contributed by atoms with E-state index >= 15 is 0 Å². The van der Waals surface area contributed by atoms with Crippen LogP contribution in [0.2, 0.25) is 0 Å². The number of hydrogen-bond donors (Lipinski definition) is 3. The van der Waals surface area contributed by atoms with Gasteiger partial charge in [-0.05, 0) is 12.5 Å². The summed E-state index contributed by atoms with van der Waals surface area (Å²) in [5.41, 5.74) is 6.91. The van der Waals surface area contributed by atoms with Crippen molar-refractivity contribution in [3.63, 3.8) is 0 Å². The molecule has 16 heavy (non-hydrogen) atoms. The first-order valence-electron chi connectivity index (χ1n) is 5.43. The largest absolute Gasteiger partial charge is 0.384 e. The zero-order chi connectivity index (χ0) is 11.8. The summed E-state index contributed by atoms with van der Waals surface area (Å²) in [6.07, 6.45) is 4.89. The van der Waals surface area contributed by atoms with Crippen molar-refractivity contribution < 1.29 is 4.79 Å². The molecule has 0 unspecified atom stereocenters. The van der Waals surface area contributed by atoms with Crippen molar-refractivity contribution >= 4 is 17.3 Å². The lowest BCUT2D eigenvalue weighted by molar-refractivity contribution is -0.117. The second kappa shape index (κ2) is 6.66. The van der Waals surface area contributed by atoms with Gasteiger partial charge in [-0.15, -0.1) is 0 Å². The van der Waals surface area contributed by atoms with Crippen molar-refractivity contribution in [3.05, 3.63) is 18.5 Å². The Morgan fingerprint density at radius 2 is 1.94 bits per heavy atom. The molecular weight excluding hydrogens is 204 g/mol. The van der Waals surface area contributed by atoms with E-state index in [2.05, 4.69) is 22.5 Å². The number of nitrogens with zero attached hydrogens (tertiary/aromatic N) is 1. The Labute approximate surface area is 95.4 Å². The van der Waals surface area contributed by atoms with Gasteiger partial charge in [-0.2, -0.15) is 0 Å². The Bertz CT molecular complexity index is 341. The fourth-order valence-corrected chi connectivity index (χ4v) is 1.23. The smallest absolute Gasteiger partial charge is 0.219 e. The van der Waals surface area contributed by atoms with Gasteiger partial charge in [0.25, 0.3) is 0 Å². The van der Waals surface area contributed by atoms with Gasteiger partial charge in [0, 0.05) is 19.5 Å². The van der Waals surface area contributed by atoms with Crippen LogP contribution >= 0.6 is 0 Å². The van der Waals surface area contributed by atoms with E-state index in [4.69, 9.17) is 5.73 Å². The Morgan fingerprint density at radius 3 is 2.50 bits per heavy atom. The second-order valence-electron chi connectivity index (χ2n) is 3.53. The van der Waals surface area contributed by atoms with E-state index in [0.717, 1.165) is 24.3 Å². The maximum atomic E-state index is 10.6. The molecule has 0 aromatic carbocycles. The molecule has 0 radical (unpaired) electrons. The third-order valence-electron chi connectivity index (χ3n) is 2.02. The molecule has 0 saturated carbocycles. The molecule has 0 fully saturated rings. The van der Waals surface area contributed by atoms with Crippen molar-refractivity contribution in [2.75, 3.05) is 23.7 Å². The van der Waals surface area contributed by atoms with E-state index in [9.17, 15) is 4.79 Å². The molecule has 5 heteroatoms. The summed E-state index contributed by atoms with van der Waals surface area (Å²) >= 11 is 0. The maximum absolute atomic E-state index is 10.6. The number of primary amides is 1. The van der Waals surface area contributed by atoms with E-state index in [1.54, 1.807) is 12.4 Å². The van der Waals surface area contributed by atoms with Crippen LogP contribution in [-0.2, 0) is 4.79 Å². The standard InChI is InChI=1S/C11H18N4O/c1-2-4-14-9-6-10(8-13-7-9)15-5-3-11(12)16/h6-8,14-15H,2-5H2,1H3,(H2,12,16). The van der Waals surface area contributed by atoms with Gasteiger partial charge >= 0.3 is 0 Å². The van der Waals surface area contributed by atoms with Crippen molar-refractivity contribution in [2.45, 2.75) is 19.8 Å². The molecule has 0 saturated heterocycles. The minimum absolute atomic E-state index is 0.305. The third-order valence-corrected chi connectivity index (χ3v) is 2.02. The van der Waals surface area contributed by atoms with E-state index in [1.165, 1.54) is 0 Å². The fraction of sp³-hybridized carbons (Fsp3) is 0.455. The minimum atomic E-state index is -0.305. The van der Waals surface area contributed by atoms with Crippen molar-refractivity contribution in [2.24, 2.45) is 5.73 Å². The summed E-state index contributed by atoms with van der Waals surface area (Å²) in [5, 5.41) is 6.33. The lowest BCUT2D eigenvalue weighted by Crippen LogP contribution is -2.15. The van der Waals surface area contributed by atoms with Gasteiger partial charge < -0.3 is 16.4 Å². The normalized spacial score (nSPS) is 9.81. The van der Waals surface area contributed by atoms with Crippen LogP contribution in [0.3, 0.4) is 0 Å². The van der Waals surface area contributed by atoms with Crippen LogP contribution < -0.4 is 16.4 Å². The van der Waals surface area contributed by atoms with Gasteiger partial charge in [0.05, 0.1) is 23.8 Å². The highest BCUT2D eigenvalue weighted by atomic mass is 16.1. The third kappa shape index (κ3) is 4.63. The lowest BCUT2D eigenvalue weighted by atomic mass is 10.3. The summed E-state index contributed by atoms with van der Waals surface area (Å²) < 4.78 is 0. The lowest BCUT2D eigenvalue weighted by Gasteiger charge is -2.08. The predicted molar refractivity (Wildman–Crippen MR) is 65.3 cm³/mol. The fourth-order valence-electron chi connectivity index (χ4n) is 1.23. The number of carbonyl (C=O) groups is 1. The van der Waals surface area contributed by atoms with Crippen LogP contribution in [-0.4, -0.2) is 24.0 Å². The molecule has 0 aliphatic heterocycles. The predicted octanol–water partition coefficient (Wildman–Crippen LogP) is 1.19. The molecule has 5 nitrogen and oxygen atoms in total. The quantitative estimate of drug-likeness (QED) is 0.647. The molecule has 1 rings (SSSR count). The van der Waals surface area contributed by atoms with E-state index in [-0.39, 0.29) is 5.91 Å². The molecular formula is C11H18N4O. The Balaban J connectivity index is 2.43. The highest BCUT2D eigenvalue weighted by Crippen LogP contribution is 2.12. The summed E-state index contributed by atoms with van der Waals surface area (Å²) in [6, 6.07) is 1.96. The molecule has 1 aromatic rings. The number of carbonyl (C=O) groups excluding carboxylic acids is 1. The Morgan fingerprint density at radius 1 is 1.31 bits per heavy atom. The van der Waals surface area contributed by atoms with Gasteiger partial charge in [0.1, 0.15) is 0 Å². The van der Waals surface area contributed by atoms with Crippen LogP contribution in [0.4, 0.5) is 11.4 Å². The van der Waals surface area contributed by atoms with Crippen molar-refractivity contribution in [1.82, 2.24) is 4.98 Å². The average molecular weight is 222 g/mol. The molecule has 0 aliphatic carbocycles. The molecule has 1 amide bonds. The Kier molecular flexibility index (Phi) is 5.11. The molecule has 88 valence electrons. The summed E-state index contributed by atoms with van der Waals surface area (Å²) in [5.74, 6) is -0.305. The number of rotatable bonds is 7. The Hall–Kier alpha value is -1.78. The van der Waals surface area contributed by atoms with Gasteiger partial charge in [0.2, 0.25) is 5.91 Å². The number of nitrogens with two attached hydrogens (primary N) is 1. The van der Waals surface area contributed by atoms with Crippen LogP contribution in [0.5, 0.6) is 0 Å². The maximum Gasteiger partial charge on any atom is 0.219 e. The average Bonchev–Trinajstić information content (AvgIpc) is 2.26. The van der Waals surface area contributed by atoms with Crippen LogP contribution in [0.15, 0.2) is 18.5 Å².